The Morgan fingerprint density at radius 3 is 2.18 bits per heavy atom. The number of halogens is 1. The lowest BCUT2D eigenvalue weighted by atomic mass is 10.2. The zero-order valence-electron chi connectivity index (χ0n) is 18.0. The summed E-state index contributed by atoms with van der Waals surface area (Å²) in [5, 5.41) is 4.78. The van der Waals surface area contributed by atoms with Gasteiger partial charge in [-0.2, -0.15) is 0 Å². The van der Waals surface area contributed by atoms with Crippen molar-refractivity contribution in [3.8, 4) is 5.69 Å². The molecule has 1 aliphatic carbocycles. The van der Waals surface area contributed by atoms with E-state index in [0.29, 0.717) is 18.5 Å². The Labute approximate surface area is 190 Å². The normalized spacial score (nSPS) is 11.6. The van der Waals surface area contributed by atoms with Gasteiger partial charge in [-0.15, -0.1) is 0 Å². The van der Waals surface area contributed by atoms with Crippen molar-refractivity contribution in [2.75, 3.05) is 10.6 Å². The Balaban J connectivity index is 0.000000202. The zero-order valence-corrected chi connectivity index (χ0v) is 18.0. The standard InChI is InChI=1S/C12H9FN2O2.C8H9NO.C4H7NO/c13-10-7-9(4-5-11(10)14-8-16)15-6-2-1-3-12(15)17;1-7-2-4-8(5-3-7)9-6-10;5-4(6)3-1-2-3/h1-8H,(H,14,16);2-6H,1H3,(H,9,10);3H,1-2H2,(H2,5,6). The van der Waals surface area contributed by atoms with Crippen molar-refractivity contribution in [2.45, 2.75) is 19.8 Å². The van der Waals surface area contributed by atoms with Gasteiger partial charge in [0.05, 0.1) is 11.4 Å². The maximum atomic E-state index is 13.5. The molecule has 172 valence electrons. The van der Waals surface area contributed by atoms with E-state index >= 15 is 0 Å². The maximum Gasteiger partial charge on any atom is 0.255 e. The molecule has 0 aliphatic heterocycles. The molecule has 1 heterocycles. The second-order valence-electron chi connectivity index (χ2n) is 7.14. The third-order valence-electron chi connectivity index (χ3n) is 4.52. The Hall–Kier alpha value is -4.27. The lowest BCUT2D eigenvalue weighted by Crippen LogP contribution is -2.15. The summed E-state index contributed by atoms with van der Waals surface area (Å²) in [6.07, 6.45) is 4.66. The number of primary amides is 1. The number of aryl methyl sites for hydroxylation is 1. The number of hydrogen-bond acceptors (Lipinski definition) is 4. The average Bonchev–Trinajstić information content (AvgIpc) is 3.64. The zero-order chi connectivity index (χ0) is 24.2. The molecule has 0 radical (unpaired) electrons. The summed E-state index contributed by atoms with van der Waals surface area (Å²) >= 11 is 0. The summed E-state index contributed by atoms with van der Waals surface area (Å²) < 4.78 is 14.8. The molecule has 0 atom stereocenters. The van der Waals surface area contributed by atoms with Gasteiger partial charge in [-0.3, -0.25) is 23.7 Å². The first-order valence-corrected chi connectivity index (χ1v) is 10.1. The fourth-order valence-electron chi connectivity index (χ4n) is 2.56. The number of pyridine rings is 1. The SMILES string of the molecule is Cc1ccc(NC=O)cc1.NC(=O)C1CC1.O=CNc1ccc(-n2ccccc2=O)cc1F. The van der Waals surface area contributed by atoms with Crippen LogP contribution < -0.4 is 21.9 Å². The first-order valence-electron chi connectivity index (χ1n) is 10.1. The van der Waals surface area contributed by atoms with Gasteiger partial charge in [-0.1, -0.05) is 23.8 Å². The van der Waals surface area contributed by atoms with Gasteiger partial charge in [0.25, 0.3) is 5.56 Å². The van der Waals surface area contributed by atoms with Crippen LogP contribution in [0.25, 0.3) is 5.69 Å². The van der Waals surface area contributed by atoms with Gasteiger partial charge in [0.2, 0.25) is 18.7 Å². The molecule has 0 bridgehead atoms. The summed E-state index contributed by atoms with van der Waals surface area (Å²) in [6.45, 7) is 2.00. The van der Waals surface area contributed by atoms with E-state index in [4.69, 9.17) is 5.73 Å². The molecule has 9 heteroatoms. The van der Waals surface area contributed by atoms with Crippen molar-refractivity contribution >= 4 is 30.1 Å². The summed E-state index contributed by atoms with van der Waals surface area (Å²) in [5.41, 5.74) is 7.12. The number of anilines is 2. The van der Waals surface area contributed by atoms with Crippen LogP contribution in [0, 0.1) is 18.7 Å². The highest BCUT2D eigenvalue weighted by molar-refractivity contribution is 5.78. The molecular weight excluding hydrogens is 427 g/mol. The van der Waals surface area contributed by atoms with Crippen molar-refractivity contribution in [1.29, 1.82) is 0 Å². The van der Waals surface area contributed by atoms with Crippen LogP contribution in [0.4, 0.5) is 15.8 Å². The van der Waals surface area contributed by atoms with E-state index in [0.717, 1.165) is 18.5 Å². The summed E-state index contributed by atoms with van der Waals surface area (Å²) in [7, 11) is 0. The minimum Gasteiger partial charge on any atom is -0.369 e. The molecule has 3 aromatic rings. The second kappa shape index (κ2) is 12.6. The molecule has 1 fully saturated rings. The van der Waals surface area contributed by atoms with Crippen molar-refractivity contribution in [3.63, 3.8) is 0 Å². The van der Waals surface area contributed by atoms with E-state index in [1.807, 2.05) is 31.2 Å². The van der Waals surface area contributed by atoms with Crippen LogP contribution in [0.15, 0.2) is 71.7 Å². The Morgan fingerprint density at radius 1 is 1.03 bits per heavy atom. The first-order chi connectivity index (χ1) is 15.8. The van der Waals surface area contributed by atoms with Gasteiger partial charge in [0.15, 0.2) is 0 Å². The molecule has 1 aromatic heterocycles. The fourth-order valence-corrected chi connectivity index (χ4v) is 2.56. The minimum absolute atomic E-state index is 0.0766. The first kappa shape index (κ1) is 25.0. The molecule has 1 saturated carbocycles. The predicted molar refractivity (Wildman–Crippen MR) is 124 cm³/mol. The number of amides is 3. The lowest BCUT2D eigenvalue weighted by molar-refractivity contribution is -0.119. The van der Waals surface area contributed by atoms with Crippen molar-refractivity contribution < 1.29 is 18.8 Å². The van der Waals surface area contributed by atoms with Crippen LogP contribution in [0.5, 0.6) is 0 Å². The molecular formula is C24H25FN4O4. The number of aromatic nitrogens is 1. The molecule has 0 saturated heterocycles. The maximum absolute atomic E-state index is 13.5. The van der Waals surface area contributed by atoms with E-state index < -0.39 is 5.82 Å². The quantitative estimate of drug-likeness (QED) is 0.498. The highest BCUT2D eigenvalue weighted by Crippen LogP contribution is 2.27. The number of hydrogen-bond donors (Lipinski definition) is 3. The molecule has 0 unspecified atom stereocenters. The van der Waals surface area contributed by atoms with Crippen molar-refractivity contribution in [3.05, 3.63) is 88.6 Å². The number of nitrogens with zero attached hydrogens (tertiary/aromatic N) is 1. The van der Waals surface area contributed by atoms with Crippen LogP contribution in [0.3, 0.4) is 0 Å². The molecule has 3 amide bonds. The highest BCUT2D eigenvalue weighted by Gasteiger charge is 2.26. The van der Waals surface area contributed by atoms with Gasteiger partial charge in [0.1, 0.15) is 5.82 Å². The second-order valence-corrected chi connectivity index (χ2v) is 7.14. The van der Waals surface area contributed by atoms with E-state index in [1.54, 1.807) is 24.4 Å². The Bertz CT molecular complexity index is 1140. The number of rotatable bonds is 6. The van der Waals surface area contributed by atoms with Crippen molar-refractivity contribution in [2.24, 2.45) is 11.7 Å². The number of carbonyl (C=O) groups excluding carboxylic acids is 3. The van der Waals surface area contributed by atoms with E-state index in [9.17, 15) is 23.6 Å². The summed E-state index contributed by atoms with van der Waals surface area (Å²) in [5.74, 6) is -0.481. The molecule has 33 heavy (non-hydrogen) atoms. The Morgan fingerprint density at radius 2 is 1.70 bits per heavy atom. The van der Waals surface area contributed by atoms with E-state index in [2.05, 4.69) is 10.6 Å². The van der Waals surface area contributed by atoms with Crippen LogP contribution in [-0.2, 0) is 14.4 Å². The molecule has 1 aliphatic rings. The fraction of sp³-hybridized carbons (Fsp3) is 0.167. The van der Waals surface area contributed by atoms with Crippen molar-refractivity contribution in [1.82, 2.24) is 4.57 Å². The number of benzene rings is 2. The van der Waals surface area contributed by atoms with Crippen LogP contribution in [-0.4, -0.2) is 23.3 Å². The highest BCUT2D eigenvalue weighted by atomic mass is 19.1. The predicted octanol–water partition coefficient (Wildman–Crippen LogP) is 2.99. The smallest absolute Gasteiger partial charge is 0.255 e. The third-order valence-corrected chi connectivity index (χ3v) is 4.52. The topological polar surface area (TPSA) is 123 Å². The van der Waals surface area contributed by atoms with E-state index in [1.165, 1.54) is 28.3 Å². The summed E-state index contributed by atoms with van der Waals surface area (Å²) in [6, 6.07) is 16.4. The molecule has 8 nitrogen and oxygen atoms in total. The molecule has 2 aromatic carbocycles. The van der Waals surface area contributed by atoms with Gasteiger partial charge >= 0.3 is 0 Å². The number of carbonyl (C=O) groups is 3. The lowest BCUT2D eigenvalue weighted by Gasteiger charge is -2.07. The van der Waals surface area contributed by atoms with Gasteiger partial charge in [-0.25, -0.2) is 4.39 Å². The van der Waals surface area contributed by atoms with Crippen LogP contribution >= 0.6 is 0 Å². The van der Waals surface area contributed by atoms with Crippen LogP contribution in [0.1, 0.15) is 18.4 Å². The van der Waals surface area contributed by atoms with Gasteiger partial charge in [-0.05, 0) is 50.1 Å². The van der Waals surface area contributed by atoms with Gasteiger partial charge in [0, 0.05) is 29.9 Å². The molecule has 0 spiro atoms. The Kier molecular flexibility index (Phi) is 9.51. The minimum atomic E-state index is -0.592. The number of nitrogens with two attached hydrogens (primary N) is 1. The largest absolute Gasteiger partial charge is 0.369 e. The third kappa shape index (κ3) is 8.41. The van der Waals surface area contributed by atoms with Crippen LogP contribution in [0.2, 0.25) is 0 Å². The molecule has 4 N–H and O–H groups in total. The summed E-state index contributed by atoms with van der Waals surface area (Å²) in [4.78, 5) is 41.6. The number of nitrogens with one attached hydrogen (secondary N) is 2. The average molecular weight is 452 g/mol. The monoisotopic (exact) mass is 452 g/mol. The van der Waals surface area contributed by atoms with Gasteiger partial charge < -0.3 is 16.4 Å². The molecule has 4 rings (SSSR count). The van der Waals surface area contributed by atoms with E-state index in [-0.39, 0.29) is 23.1 Å².